The van der Waals surface area contributed by atoms with Crippen LogP contribution in [0.5, 0.6) is 0 Å². The normalized spacial score (nSPS) is 24.4. The number of hydrogen-bond acceptors (Lipinski definition) is 1. The van der Waals surface area contributed by atoms with Crippen molar-refractivity contribution in [3.05, 3.63) is 0 Å². The first-order chi connectivity index (χ1) is 6.84. The van der Waals surface area contributed by atoms with Crippen molar-refractivity contribution in [2.24, 2.45) is 5.92 Å². The molecule has 0 aromatic carbocycles. The van der Waals surface area contributed by atoms with Crippen molar-refractivity contribution in [1.29, 1.82) is 0 Å². The van der Waals surface area contributed by atoms with Crippen LogP contribution in [0, 0.1) is 5.92 Å². The number of carbonyl (C=O) groups is 1. The summed E-state index contributed by atoms with van der Waals surface area (Å²) in [6, 6.07) is 0. The zero-order valence-electron chi connectivity index (χ0n) is 9.56. The zero-order chi connectivity index (χ0) is 10.2. The molecule has 0 bridgehead atoms. The quantitative estimate of drug-likeness (QED) is 0.618. The largest absolute Gasteiger partial charge is 0.299 e. The lowest BCUT2D eigenvalue weighted by molar-refractivity contribution is -0.123. The van der Waals surface area contributed by atoms with Crippen molar-refractivity contribution in [3.63, 3.8) is 0 Å². The fraction of sp³-hybridized carbons (Fsp3) is 0.923. The summed E-state index contributed by atoms with van der Waals surface area (Å²) in [5.74, 6) is 0.975. The van der Waals surface area contributed by atoms with Crippen LogP contribution >= 0.6 is 0 Å². The third-order valence-electron chi connectivity index (χ3n) is 3.34. The van der Waals surface area contributed by atoms with Crippen LogP contribution in [0.1, 0.15) is 71.1 Å². The van der Waals surface area contributed by atoms with Crippen LogP contribution in [0.2, 0.25) is 0 Å². The van der Waals surface area contributed by atoms with Crippen molar-refractivity contribution < 1.29 is 4.79 Å². The first kappa shape index (κ1) is 11.7. The van der Waals surface area contributed by atoms with E-state index >= 15 is 0 Å². The molecule has 0 aliphatic heterocycles. The average molecular weight is 196 g/mol. The van der Waals surface area contributed by atoms with Gasteiger partial charge in [0.25, 0.3) is 0 Å². The van der Waals surface area contributed by atoms with Gasteiger partial charge in [0.2, 0.25) is 0 Å². The maximum Gasteiger partial charge on any atom is 0.135 e. The second-order valence-corrected chi connectivity index (χ2v) is 4.61. The van der Waals surface area contributed by atoms with Crippen LogP contribution in [-0.2, 0) is 4.79 Å². The third-order valence-corrected chi connectivity index (χ3v) is 3.34. The van der Waals surface area contributed by atoms with Crippen molar-refractivity contribution in [2.75, 3.05) is 0 Å². The Labute approximate surface area is 88.3 Å². The van der Waals surface area contributed by atoms with E-state index in [4.69, 9.17) is 0 Å². The van der Waals surface area contributed by atoms with E-state index in [2.05, 4.69) is 6.92 Å². The summed E-state index contributed by atoms with van der Waals surface area (Å²) in [6.45, 7) is 2.22. The first-order valence-corrected chi connectivity index (χ1v) is 6.37. The van der Waals surface area contributed by atoms with Gasteiger partial charge < -0.3 is 0 Å². The van der Waals surface area contributed by atoms with E-state index in [-0.39, 0.29) is 0 Å². The number of Topliss-reactive ketones (excluding diaryl/α,β-unsaturated/α-hetero) is 1. The maximum atomic E-state index is 11.8. The summed E-state index contributed by atoms with van der Waals surface area (Å²) >= 11 is 0. The molecule has 1 heteroatoms. The third kappa shape index (κ3) is 4.26. The van der Waals surface area contributed by atoms with Crippen molar-refractivity contribution in [3.8, 4) is 0 Å². The SMILES string of the molecule is CCCCCC1CCCCCCC1=O. The topological polar surface area (TPSA) is 17.1 Å². The molecule has 0 spiro atoms. The van der Waals surface area contributed by atoms with Gasteiger partial charge in [-0.3, -0.25) is 4.79 Å². The van der Waals surface area contributed by atoms with Gasteiger partial charge in [0.1, 0.15) is 5.78 Å². The summed E-state index contributed by atoms with van der Waals surface area (Å²) < 4.78 is 0. The maximum absolute atomic E-state index is 11.8. The highest BCUT2D eigenvalue weighted by Crippen LogP contribution is 2.23. The van der Waals surface area contributed by atoms with Crippen LogP contribution < -0.4 is 0 Å². The summed E-state index contributed by atoms with van der Waals surface area (Å²) in [7, 11) is 0. The Hall–Kier alpha value is -0.330. The molecule has 82 valence electrons. The molecule has 0 saturated heterocycles. The average Bonchev–Trinajstić information content (AvgIpc) is 2.17. The van der Waals surface area contributed by atoms with Gasteiger partial charge in [-0.2, -0.15) is 0 Å². The second kappa shape index (κ2) is 7.03. The predicted octanol–water partition coefficient (Wildman–Crippen LogP) is 4.11. The lowest BCUT2D eigenvalue weighted by Crippen LogP contribution is -2.16. The van der Waals surface area contributed by atoms with Crippen LogP contribution in [0.15, 0.2) is 0 Å². The molecule has 1 saturated carbocycles. The molecule has 0 N–H and O–H groups in total. The van der Waals surface area contributed by atoms with Gasteiger partial charge in [-0.1, -0.05) is 45.4 Å². The van der Waals surface area contributed by atoms with Crippen LogP contribution in [0.4, 0.5) is 0 Å². The van der Waals surface area contributed by atoms with E-state index in [0.717, 1.165) is 19.3 Å². The van der Waals surface area contributed by atoms with Crippen LogP contribution in [0.25, 0.3) is 0 Å². The van der Waals surface area contributed by atoms with Crippen molar-refractivity contribution in [1.82, 2.24) is 0 Å². The molecule has 0 aromatic heterocycles. The van der Waals surface area contributed by atoms with Crippen molar-refractivity contribution in [2.45, 2.75) is 71.1 Å². The van der Waals surface area contributed by atoms with Gasteiger partial charge in [-0.15, -0.1) is 0 Å². The molecule has 1 fully saturated rings. The molecule has 1 aliphatic rings. The van der Waals surface area contributed by atoms with Gasteiger partial charge in [0, 0.05) is 12.3 Å². The van der Waals surface area contributed by atoms with Gasteiger partial charge in [-0.05, 0) is 19.3 Å². The smallest absolute Gasteiger partial charge is 0.135 e. The molecule has 1 rings (SSSR count). The Balaban J connectivity index is 2.26. The Morgan fingerprint density at radius 3 is 2.71 bits per heavy atom. The molecule has 0 radical (unpaired) electrons. The summed E-state index contributed by atoms with van der Waals surface area (Å²) in [4.78, 5) is 11.8. The molecule has 1 aliphatic carbocycles. The molecule has 0 aromatic rings. The van der Waals surface area contributed by atoms with Crippen LogP contribution in [-0.4, -0.2) is 5.78 Å². The highest BCUT2D eigenvalue weighted by atomic mass is 16.1. The highest BCUT2D eigenvalue weighted by Gasteiger charge is 2.18. The lowest BCUT2D eigenvalue weighted by atomic mass is 9.86. The minimum Gasteiger partial charge on any atom is -0.299 e. The Bertz CT molecular complexity index is 163. The first-order valence-electron chi connectivity index (χ1n) is 6.37. The van der Waals surface area contributed by atoms with Gasteiger partial charge >= 0.3 is 0 Å². The van der Waals surface area contributed by atoms with Crippen molar-refractivity contribution >= 4 is 5.78 Å². The number of unbranched alkanes of at least 4 members (excludes halogenated alkanes) is 2. The lowest BCUT2D eigenvalue weighted by Gasteiger charge is -2.18. The minimum atomic E-state index is 0.418. The predicted molar refractivity (Wildman–Crippen MR) is 60.3 cm³/mol. The monoisotopic (exact) mass is 196 g/mol. The van der Waals surface area contributed by atoms with Gasteiger partial charge in [0.05, 0.1) is 0 Å². The molecule has 0 amide bonds. The number of carbonyl (C=O) groups excluding carboxylic acids is 1. The molecular formula is C13H24O. The second-order valence-electron chi connectivity index (χ2n) is 4.61. The Kier molecular flexibility index (Phi) is 5.89. The number of rotatable bonds is 4. The highest BCUT2D eigenvalue weighted by molar-refractivity contribution is 5.80. The van der Waals surface area contributed by atoms with E-state index in [9.17, 15) is 4.79 Å². The van der Waals surface area contributed by atoms with E-state index in [1.165, 1.54) is 44.9 Å². The fourth-order valence-corrected chi connectivity index (χ4v) is 2.35. The van der Waals surface area contributed by atoms with Crippen LogP contribution in [0.3, 0.4) is 0 Å². The molecule has 1 atom stereocenters. The van der Waals surface area contributed by atoms with E-state index in [0.29, 0.717) is 11.7 Å². The van der Waals surface area contributed by atoms with E-state index in [1.54, 1.807) is 0 Å². The van der Waals surface area contributed by atoms with E-state index in [1.807, 2.05) is 0 Å². The Morgan fingerprint density at radius 2 is 1.93 bits per heavy atom. The standard InChI is InChI=1S/C13H24O/c1-2-3-6-9-12-10-7-4-5-8-11-13(12)14/h12H,2-11H2,1H3. The summed E-state index contributed by atoms with van der Waals surface area (Å²) in [5.41, 5.74) is 0. The Morgan fingerprint density at radius 1 is 1.14 bits per heavy atom. The minimum absolute atomic E-state index is 0.418. The summed E-state index contributed by atoms with van der Waals surface area (Å²) in [6.07, 6.45) is 12.0. The molecule has 14 heavy (non-hydrogen) atoms. The molecule has 1 unspecified atom stereocenters. The number of hydrogen-bond donors (Lipinski definition) is 0. The molecular weight excluding hydrogens is 172 g/mol. The summed E-state index contributed by atoms with van der Waals surface area (Å²) in [5, 5.41) is 0. The number of ketones is 1. The fourth-order valence-electron chi connectivity index (χ4n) is 2.35. The molecule has 0 heterocycles. The van der Waals surface area contributed by atoms with E-state index < -0.39 is 0 Å². The zero-order valence-corrected chi connectivity index (χ0v) is 9.56. The molecule has 1 nitrogen and oxygen atoms in total. The van der Waals surface area contributed by atoms with Gasteiger partial charge in [0.15, 0.2) is 0 Å². The van der Waals surface area contributed by atoms with Gasteiger partial charge in [-0.25, -0.2) is 0 Å².